The van der Waals surface area contributed by atoms with Gasteiger partial charge in [-0.3, -0.25) is 4.98 Å². The van der Waals surface area contributed by atoms with Crippen molar-refractivity contribution in [2.75, 3.05) is 6.54 Å². The van der Waals surface area contributed by atoms with Crippen LogP contribution in [0.2, 0.25) is 0 Å². The van der Waals surface area contributed by atoms with E-state index in [4.69, 9.17) is 5.73 Å². The van der Waals surface area contributed by atoms with E-state index < -0.39 is 0 Å². The number of hydrogen-bond acceptors (Lipinski definition) is 3. The summed E-state index contributed by atoms with van der Waals surface area (Å²) in [6.45, 7) is 0.784. The fourth-order valence-electron chi connectivity index (χ4n) is 1.93. The molecule has 4 heteroatoms. The van der Waals surface area contributed by atoms with Gasteiger partial charge in [0, 0.05) is 19.7 Å². The maximum absolute atomic E-state index is 5.47. The fraction of sp³-hybridized carbons (Fsp3) is 0.500. The monoisotopic (exact) mass is 218 g/mol. The Balaban J connectivity index is 2.09. The highest BCUT2D eigenvalue weighted by Crippen LogP contribution is 2.14. The summed E-state index contributed by atoms with van der Waals surface area (Å²) in [4.78, 5) is 8.66. The lowest BCUT2D eigenvalue weighted by Gasteiger charge is -2.01. The second kappa shape index (κ2) is 5.07. The predicted molar refractivity (Wildman–Crippen MR) is 65.1 cm³/mol. The van der Waals surface area contributed by atoms with Crippen LogP contribution in [0.15, 0.2) is 18.5 Å². The van der Waals surface area contributed by atoms with E-state index in [9.17, 15) is 0 Å². The van der Waals surface area contributed by atoms with Gasteiger partial charge >= 0.3 is 0 Å². The third-order valence-electron chi connectivity index (χ3n) is 2.88. The van der Waals surface area contributed by atoms with Crippen LogP contribution >= 0.6 is 0 Å². The Bertz CT molecular complexity index is 461. The van der Waals surface area contributed by atoms with Crippen LogP contribution in [0.1, 0.15) is 25.1 Å². The van der Waals surface area contributed by atoms with E-state index in [-0.39, 0.29) is 0 Å². The minimum atomic E-state index is 0.784. The molecule has 0 aliphatic carbocycles. The van der Waals surface area contributed by atoms with Gasteiger partial charge in [0.25, 0.3) is 0 Å². The molecule has 0 unspecified atom stereocenters. The molecule has 0 saturated carbocycles. The molecule has 2 heterocycles. The molecule has 2 aromatic rings. The molecule has 0 saturated heterocycles. The molecular formula is C12H18N4. The Kier molecular flexibility index (Phi) is 3.51. The molecule has 86 valence electrons. The second-order valence-electron chi connectivity index (χ2n) is 4.05. The number of rotatable bonds is 5. The molecule has 0 atom stereocenters. The Morgan fingerprint density at radius 3 is 2.94 bits per heavy atom. The fourth-order valence-corrected chi connectivity index (χ4v) is 1.93. The van der Waals surface area contributed by atoms with Crippen LogP contribution in [-0.4, -0.2) is 21.1 Å². The zero-order valence-electron chi connectivity index (χ0n) is 9.69. The highest BCUT2D eigenvalue weighted by molar-refractivity contribution is 5.74. The van der Waals surface area contributed by atoms with Crippen molar-refractivity contribution >= 4 is 11.0 Å². The Labute approximate surface area is 95.5 Å². The zero-order chi connectivity index (χ0) is 11.4. The highest BCUT2D eigenvalue weighted by Gasteiger charge is 2.06. The number of aryl methyl sites for hydroxylation is 2. The molecule has 0 radical (unpaired) electrons. The Morgan fingerprint density at radius 2 is 2.19 bits per heavy atom. The van der Waals surface area contributed by atoms with E-state index in [2.05, 4.69) is 21.6 Å². The van der Waals surface area contributed by atoms with Crippen molar-refractivity contribution in [1.29, 1.82) is 0 Å². The number of aromatic nitrogens is 3. The normalized spacial score (nSPS) is 11.1. The number of imidazole rings is 1. The minimum absolute atomic E-state index is 0.784. The average molecular weight is 218 g/mol. The molecule has 2 aromatic heterocycles. The smallest absolute Gasteiger partial charge is 0.109 e. The first-order chi connectivity index (χ1) is 7.83. The number of nitrogens with two attached hydrogens (primary N) is 1. The minimum Gasteiger partial charge on any atom is -0.331 e. The van der Waals surface area contributed by atoms with Gasteiger partial charge in [-0.25, -0.2) is 4.98 Å². The van der Waals surface area contributed by atoms with E-state index in [0.29, 0.717) is 0 Å². The predicted octanol–water partition coefficient (Wildman–Crippen LogP) is 1.64. The van der Waals surface area contributed by atoms with E-state index in [1.54, 1.807) is 0 Å². The van der Waals surface area contributed by atoms with Crippen LogP contribution in [0.4, 0.5) is 0 Å². The molecule has 0 aliphatic rings. The summed E-state index contributed by atoms with van der Waals surface area (Å²) >= 11 is 0. The first-order valence-electron chi connectivity index (χ1n) is 5.78. The van der Waals surface area contributed by atoms with Gasteiger partial charge in [-0.15, -0.1) is 0 Å². The van der Waals surface area contributed by atoms with Crippen LogP contribution in [0.25, 0.3) is 11.0 Å². The van der Waals surface area contributed by atoms with E-state index >= 15 is 0 Å². The largest absolute Gasteiger partial charge is 0.331 e. The summed E-state index contributed by atoms with van der Waals surface area (Å²) in [6, 6.07) is 2.01. The number of unbranched alkanes of at least 4 members (excludes halogenated alkanes) is 2. The van der Waals surface area contributed by atoms with Crippen molar-refractivity contribution in [2.24, 2.45) is 12.8 Å². The summed E-state index contributed by atoms with van der Waals surface area (Å²) in [5, 5.41) is 0. The van der Waals surface area contributed by atoms with Crippen LogP contribution in [0.3, 0.4) is 0 Å². The average Bonchev–Trinajstić information content (AvgIpc) is 2.63. The first kappa shape index (κ1) is 11.1. The lowest BCUT2D eigenvalue weighted by atomic mass is 10.2. The van der Waals surface area contributed by atoms with Gasteiger partial charge < -0.3 is 10.3 Å². The van der Waals surface area contributed by atoms with Crippen molar-refractivity contribution in [2.45, 2.75) is 25.7 Å². The zero-order valence-corrected chi connectivity index (χ0v) is 9.69. The maximum atomic E-state index is 5.47. The molecule has 0 bridgehead atoms. The van der Waals surface area contributed by atoms with Gasteiger partial charge in [0.2, 0.25) is 0 Å². The van der Waals surface area contributed by atoms with Crippen molar-refractivity contribution in [3.63, 3.8) is 0 Å². The van der Waals surface area contributed by atoms with Crippen LogP contribution in [0, 0.1) is 0 Å². The van der Waals surface area contributed by atoms with Gasteiger partial charge in [-0.2, -0.15) is 0 Å². The molecule has 4 nitrogen and oxygen atoms in total. The standard InChI is InChI=1S/C12H18N4/c1-16-11-6-8-14-9-10(11)15-12(16)5-3-2-4-7-13/h6,8-9H,2-5,7,13H2,1H3. The molecule has 0 aromatic carbocycles. The van der Waals surface area contributed by atoms with Gasteiger partial charge in [0.05, 0.1) is 11.7 Å². The summed E-state index contributed by atoms with van der Waals surface area (Å²) in [5.74, 6) is 1.14. The van der Waals surface area contributed by atoms with Crippen molar-refractivity contribution in [3.8, 4) is 0 Å². The molecule has 0 fully saturated rings. The quantitative estimate of drug-likeness (QED) is 0.776. The summed E-state index contributed by atoms with van der Waals surface area (Å²) < 4.78 is 2.15. The molecular weight excluding hydrogens is 200 g/mol. The summed E-state index contributed by atoms with van der Waals surface area (Å²) in [7, 11) is 2.06. The number of hydrogen-bond donors (Lipinski definition) is 1. The van der Waals surface area contributed by atoms with Gasteiger partial charge in [-0.05, 0) is 25.5 Å². The molecule has 0 amide bonds. The highest BCUT2D eigenvalue weighted by atomic mass is 15.1. The van der Waals surface area contributed by atoms with E-state index in [1.807, 2.05) is 18.5 Å². The topological polar surface area (TPSA) is 56.7 Å². The third-order valence-corrected chi connectivity index (χ3v) is 2.88. The molecule has 16 heavy (non-hydrogen) atoms. The van der Waals surface area contributed by atoms with Crippen LogP contribution in [-0.2, 0) is 13.5 Å². The summed E-state index contributed by atoms with van der Waals surface area (Å²) in [6.07, 6.45) is 8.08. The number of pyridine rings is 1. The Hall–Kier alpha value is -1.42. The van der Waals surface area contributed by atoms with Gasteiger partial charge in [-0.1, -0.05) is 6.42 Å². The number of fused-ring (bicyclic) bond motifs is 1. The molecule has 2 N–H and O–H groups in total. The second-order valence-corrected chi connectivity index (χ2v) is 4.05. The van der Waals surface area contributed by atoms with Crippen molar-refractivity contribution in [3.05, 3.63) is 24.3 Å². The third kappa shape index (κ3) is 2.22. The maximum Gasteiger partial charge on any atom is 0.109 e. The lowest BCUT2D eigenvalue weighted by Crippen LogP contribution is -2.01. The molecule has 0 aliphatic heterocycles. The lowest BCUT2D eigenvalue weighted by molar-refractivity contribution is 0.656. The van der Waals surface area contributed by atoms with E-state index in [1.165, 1.54) is 6.42 Å². The van der Waals surface area contributed by atoms with Crippen molar-refractivity contribution in [1.82, 2.24) is 14.5 Å². The SMILES string of the molecule is Cn1c(CCCCCN)nc2cnccc21. The Morgan fingerprint density at radius 1 is 1.31 bits per heavy atom. The summed E-state index contributed by atoms with van der Waals surface area (Å²) in [5.41, 5.74) is 7.61. The van der Waals surface area contributed by atoms with Crippen LogP contribution in [0.5, 0.6) is 0 Å². The molecule has 2 rings (SSSR count). The van der Waals surface area contributed by atoms with Gasteiger partial charge in [0.15, 0.2) is 0 Å². The van der Waals surface area contributed by atoms with Crippen LogP contribution < -0.4 is 5.73 Å². The van der Waals surface area contributed by atoms with Gasteiger partial charge in [0.1, 0.15) is 11.3 Å². The van der Waals surface area contributed by atoms with Crippen molar-refractivity contribution < 1.29 is 0 Å². The first-order valence-corrected chi connectivity index (χ1v) is 5.78. The van der Waals surface area contributed by atoms with E-state index in [0.717, 1.165) is 42.7 Å². The molecule has 0 spiro atoms. The number of nitrogens with zero attached hydrogens (tertiary/aromatic N) is 3.